The van der Waals surface area contributed by atoms with Gasteiger partial charge in [0, 0.05) is 35.8 Å². The van der Waals surface area contributed by atoms with Gasteiger partial charge in [-0.25, -0.2) is 0 Å². The fourth-order valence-electron chi connectivity index (χ4n) is 2.86. The fraction of sp³-hybridized carbons (Fsp3) is 0.533. The molecule has 1 aliphatic heterocycles. The van der Waals surface area contributed by atoms with Gasteiger partial charge in [0.05, 0.1) is 5.56 Å². The Hall–Kier alpha value is -1.40. The van der Waals surface area contributed by atoms with Crippen LogP contribution in [0.2, 0.25) is 0 Å². The van der Waals surface area contributed by atoms with Crippen molar-refractivity contribution in [2.24, 2.45) is 10.9 Å². The van der Waals surface area contributed by atoms with Crippen LogP contribution in [-0.2, 0) is 0 Å². The first-order valence-corrected chi connectivity index (χ1v) is 8.33. The molecule has 2 atom stereocenters. The third kappa shape index (κ3) is 3.11. The molecule has 0 saturated carbocycles. The summed E-state index contributed by atoms with van der Waals surface area (Å²) in [6.45, 7) is 6.32. The molecule has 2 rings (SSSR count). The van der Waals surface area contributed by atoms with Gasteiger partial charge in [-0.1, -0.05) is 11.2 Å². The van der Waals surface area contributed by atoms with Crippen LogP contribution in [0.15, 0.2) is 28.3 Å². The van der Waals surface area contributed by atoms with E-state index in [1.165, 1.54) is 0 Å². The molecular formula is C15H24N4OS. The van der Waals surface area contributed by atoms with E-state index in [1.54, 1.807) is 11.8 Å². The van der Waals surface area contributed by atoms with E-state index in [1.807, 2.05) is 18.4 Å². The summed E-state index contributed by atoms with van der Waals surface area (Å²) in [5, 5.41) is 12.3. The number of benzene rings is 1. The first-order chi connectivity index (χ1) is 9.99. The van der Waals surface area contributed by atoms with Crippen molar-refractivity contribution in [3.8, 4) is 0 Å². The van der Waals surface area contributed by atoms with E-state index in [9.17, 15) is 0 Å². The number of hydrogen-bond donors (Lipinski definition) is 2. The fourth-order valence-corrected chi connectivity index (χ4v) is 3.49. The highest BCUT2D eigenvalue weighted by Gasteiger charge is 2.28. The zero-order chi connectivity index (χ0) is 15.6. The second kappa shape index (κ2) is 6.58. The minimum Gasteiger partial charge on any atom is -0.409 e. The number of rotatable bonds is 3. The lowest BCUT2D eigenvalue weighted by Gasteiger charge is -2.44. The van der Waals surface area contributed by atoms with Crippen molar-refractivity contribution in [3.63, 3.8) is 0 Å². The summed E-state index contributed by atoms with van der Waals surface area (Å²) < 4.78 is 0. The maximum atomic E-state index is 9.10. The smallest absolute Gasteiger partial charge is 0.173 e. The highest BCUT2D eigenvalue weighted by atomic mass is 32.2. The van der Waals surface area contributed by atoms with Gasteiger partial charge in [-0.2, -0.15) is 0 Å². The number of hydrogen-bond acceptors (Lipinski definition) is 5. The van der Waals surface area contributed by atoms with Crippen LogP contribution in [-0.4, -0.2) is 54.4 Å². The Kier molecular flexibility index (Phi) is 5.00. The second-order valence-electron chi connectivity index (χ2n) is 5.61. The van der Waals surface area contributed by atoms with Crippen LogP contribution in [0.4, 0.5) is 5.69 Å². The molecule has 0 aromatic heterocycles. The molecule has 1 fully saturated rings. The van der Waals surface area contributed by atoms with Crippen molar-refractivity contribution < 1.29 is 5.21 Å². The minimum atomic E-state index is 0.175. The van der Waals surface area contributed by atoms with Crippen molar-refractivity contribution in [3.05, 3.63) is 23.8 Å². The third-order valence-electron chi connectivity index (χ3n) is 4.29. The molecule has 3 N–H and O–H groups in total. The molecule has 1 heterocycles. The number of anilines is 1. The number of thioether (sulfide) groups is 1. The molecule has 1 aliphatic rings. The molecule has 0 aliphatic carbocycles. The zero-order valence-electron chi connectivity index (χ0n) is 13.1. The van der Waals surface area contributed by atoms with Crippen LogP contribution in [0.1, 0.15) is 19.4 Å². The number of nitrogens with two attached hydrogens (primary N) is 1. The first-order valence-electron chi connectivity index (χ1n) is 7.11. The lowest BCUT2D eigenvalue weighted by Crippen LogP contribution is -2.55. The van der Waals surface area contributed by atoms with Crippen LogP contribution in [0.25, 0.3) is 0 Å². The van der Waals surface area contributed by atoms with E-state index >= 15 is 0 Å². The molecule has 1 saturated heterocycles. The second-order valence-corrected chi connectivity index (χ2v) is 6.46. The van der Waals surface area contributed by atoms with Gasteiger partial charge < -0.3 is 15.8 Å². The van der Waals surface area contributed by atoms with Gasteiger partial charge in [0.15, 0.2) is 5.84 Å². The van der Waals surface area contributed by atoms with E-state index in [0.29, 0.717) is 12.1 Å². The summed E-state index contributed by atoms with van der Waals surface area (Å²) in [5.74, 6) is 0.175. The topological polar surface area (TPSA) is 65.1 Å². The van der Waals surface area contributed by atoms with Gasteiger partial charge in [-0.05, 0) is 39.3 Å². The zero-order valence-corrected chi connectivity index (χ0v) is 13.9. The monoisotopic (exact) mass is 308 g/mol. The largest absolute Gasteiger partial charge is 0.409 e. The van der Waals surface area contributed by atoms with Crippen LogP contribution in [0.3, 0.4) is 0 Å². The Balaban J connectivity index is 2.44. The van der Waals surface area contributed by atoms with Gasteiger partial charge in [-0.15, -0.1) is 11.8 Å². The number of likely N-dealkylation sites (N-methyl/N-ethyl adjacent to an activating group) is 1. The number of oxime groups is 1. The Labute approximate surface area is 130 Å². The average Bonchev–Trinajstić information content (AvgIpc) is 2.50. The maximum Gasteiger partial charge on any atom is 0.173 e. The van der Waals surface area contributed by atoms with Crippen molar-refractivity contribution in [2.45, 2.75) is 30.8 Å². The van der Waals surface area contributed by atoms with E-state index in [2.05, 4.69) is 41.9 Å². The van der Waals surface area contributed by atoms with Gasteiger partial charge in [-0.3, -0.25) is 4.90 Å². The van der Waals surface area contributed by atoms with Crippen molar-refractivity contribution >= 4 is 23.3 Å². The quantitative estimate of drug-likeness (QED) is 0.294. The number of piperazine rings is 1. The van der Waals surface area contributed by atoms with Gasteiger partial charge >= 0.3 is 0 Å². The highest BCUT2D eigenvalue weighted by Crippen LogP contribution is 2.31. The van der Waals surface area contributed by atoms with E-state index in [4.69, 9.17) is 10.9 Å². The van der Waals surface area contributed by atoms with Crippen LogP contribution < -0.4 is 10.6 Å². The molecular weight excluding hydrogens is 284 g/mol. The van der Waals surface area contributed by atoms with Gasteiger partial charge in [0.25, 0.3) is 0 Å². The summed E-state index contributed by atoms with van der Waals surface area (Å²) in [5.41, 5.74) is 7.80. The van der Waals surface area contributed by atoms with Crippen LogP contribution in [0, 0.1) is 0 Å². The summed E-state index contributed by atoms with van der Waals surface area (Å²) in [7, 11) is 2.16. The van der Waals surface area contributed by atoms with Crippen molar-refractivity contribution in [2.75, 3.05) is 31.3 Å². The molecule has 0 radical (unpaired) electrons. The molecule has 0 amide bonds. The van der Waals surface area contributed by atoms with E-state index in [-0.39, 0.29) is 5.84 Å². The molecule has 5 nitrogen and oxygen atoms in total. The van der Waals surface area contributed by atoms with Crippen molar-refractivity contribution in [1.82, 2.24) is 4.90 Å². The van der Waals surface area contributed by atoms with Crippen LogP contribution >= 0.6 is 11.8 Å². The van der Waals surface area contributed by atoms with Crippen LogP contribution in [0.5, 0.6) is 0 Å². The predicted octanol–water partition coefficient (Wildman–Crippen LogP) is 2.03. The Morgan fingerprint density at radius 3 is 2.48 bits per heavy atom. The summed E-state index contributed by atoms with van der Waals surface area (Å²) >= 11 is 1.61. The lowest BCUT2D eigenvalue weighted by molar-refractivity contribution is 0.170. The molecule has 0 bridgehead atoms. The molecule has 6 heteroatoms. The normalized spacial score (nSPS) is 24.4. The van der Waals surface area contributed by atoms with E-state index < -0.39 is 0 Å². The molecule has 116 valence electrons. The van der Waals surface area contributed by atoms with Gasteiger partial charge in [0.1, 0.15) is 0 Å². The minimum absolute atomic E-state index is 0.175. The Bertz CT molecular complexity index is 522. The lowest BCUT2D eigenvalue weighted by atomic mass is 10.1. The Morgan fingerprint density at radius 1 is 1.33 bits per heavy atom. The number of nitrogens with zero attached hydrogens (tertiary/aromatic N) is 3. The molecule has 1 aromatic rings. The Morgan fingerprint density at radius 2 is 1.95 bits per heavy atom. The standard InChI is InChI=1S/C15H24N4OS/c1-10-8-19(9-11(2)18(10)3)12-6-5-7-13(21-4)14(12)15(16)17-20/h5-7,10-11,20H,8-9H2,1-4H3,(H2,16,17). The number of amidine groups is 1. The first kappa shape index (κ1) is 16.0. The molecule has 2 unspecified atom stereocenters. The average molecular weight is 308 g/mol. The molecule has 21 heavy (non-hydrogen) atoms. The summed E-state index contributed by atoms with van der Waals surface area (Å²) in [4.78, 5) is 5.75. The molecule has 0 spiro atoms. The summed E-state index contributed by atoms with van der Waals surface area (Å²) in [6.07, 6.45) is 2.00. The highest BCUT2D eigenvalue weighted by molar-refractivity contribution is 7.98. The van der Waals surface area contributed by atoms with Gasteiger partial charge in [0.2, 0.25) is 0 Å². The third-order valence-corrected chi connectivity index (χ3v) is 5.07. The maximum absolute atomic E-state index is 9.10. The predicted molar refractivity (Wildman–Crippen MR) is 89.6 cm³/mol. The van der Waals surface area contributed by atoms with Crippen molar-refractivity contribution in [1.29, 1.82) is 0 Å². The SMILES string of the molecule is CSc1cccc(N2CC(C)N(C)C(C)C2)c1/C(N)=N/O. The summed E-state index contributed by atoms with van der Waals surface area (Å²) in [6, 6.07) is 7.02. The van der Waals surface area contributed by atoms with E-state index in [0.717, 1.165) is 29.2 Å². The molecule has 1 aromatic carbocycles.